The quantitative estimate of drug-likeness (QED) is 0.449. The number of methoxy groups -OCH3 is 1. The Morgan fingerprint density at radius 3 is 2.11 bits per heavy atom. The molecule has 2 aromatic carbocycles. The maximum Gasteiger partial charge on any atom is 0.295 e. The van der Waals surface area contributed by atoms with Gasteiger partial charge in [0.05, 0.1) is 0 Å². The predicted octanol–water partition coefficient (Wildman–Crippen LogP) is 1.94. The van der Waals surface area contributed by atoms with E-state index >= 15 is 0 Å². The van der Waals surface area contributed by atoms with Crippen molar-refractivity contribution in [2.45, 2.75) is 9.79 Å². The highest BCUT2D eigenvalue weighted by Crippen LogP contribution is 2.24. The van der Waals surface area contributed by atoms with Crippen LogP contribution in [0.5, 0.6) is 0 Å². The molecule has 0 aliphatic rings. The lowest BCUT2D eigenvalue weighted by molar-refractivity contribution is -0.119. The van der Waals surface area contributed by atoms with E-state index in [0.29, 0.717) is 0 Å². The van der Waals surface area contributed by atoms with Crippen molar-refractivity contribution >= 4 is 44.0 Å². The Balaban J connectivity index is 2.47. The summed E-state index contributed by atoms with van der Waals surface area (Å²) in [6, 6.07) is 9.32. The van der Waals surface area contributed by atoms with Gasteiger partial charge in [-0.15, -0.1) is 0 Å². The number of carbonyl (C=O) groups is 1. The SMILES string of the molecule is COCC(=O)Nc1ccc(C=Cc2ccccc2S(=O)(=O)O)c(S(=O)(=O)O)c1. The molecule has 3 N–H and O–H groups in total. The van der Waals surface area contributed by atoms with Gasteiger partial charge >= 0.3 is 0 Å². The molecular weight excluding hydrogens is 410 g/mol. The molecule has 0 aliphatic carbocycles. The number of amides is 1. The van der Waals surface area contributed by atoms with Crippen LogP contribution in [0.1, 0.15) is 11.1 Å². The highest BCUT2D eigenvalue weighted by atomic mass is 32.2. The Kier molecular flexibility index (Phi) is 6.69. The van der Waals surface area contributed by atoms with E-state index in [4.69, 9.17) is 0 Å². The molecule has 0 spiro atoms. The molecule has 0 saturated heterocycles. The Morgan fingerprint density at radius 2 is 1.54 bits per heavy atom. The predicted molar refractivity (Wildman–Crippen MR) is 102 cm³/mol. The summed E-state index contributed by atoms with van der Waals surface area (Å²) in [6.07, 6.45) is 2.53. The van der Waals surface area contributed by atoms with Crippen LogP contribution in [0.25, 0.3) is 12.2 Å². The molecule has 0 saturated carbocycles. The van der Waals surface area contributed by atoms with Crippen molar-refractivity contribution in [3.05, 3.63) is 53.6 Å². The van der Waals surface area contributed by atoms with Crippen molar-refractivity contribution in [3.63, 3.8) is 0 Å². The minimum atomic E-state index is -4.65. The number of hydrogen-bond donors (Lipinski definition) is 3. The second-order valence-electron chi connectivity index (χ2n) is 5.56. The van der Waals surface area contributed by atoms with Crippen LogP contribution in [0.2, 0.25) is 0 Å². The molecule has 0 heterocycles. The first kappa shape index (κ1) is 21.7. The number of hydrogen-bond acceptors (Lipinski definition) is 6. The Morgan fingerprint density at radius 1 is 0.964 bits per heavy atom. The van der Waals surface area contributed by atoms with E-state index in [9.17, 15) is 30.7 Å². The first-order valence-corrected chi connectivity index (χ1v) is 10.6. The minimum absolute atomic E-state index is 0.0392. The third kappa shape index (κ3) is 5.71. The summed E-state index contributed by atoms with van der Waals surface area (Å²) in [5, 5.41) is 2.41. The first-order valence-electron chi connectivity index (χ1n) is 7.67. The summed E-state index contributed by atoms with van der Waals surface area (Å²) >= 11 is 0. The van der Waals surface area contributed by atoms with Crippen LogP contribution < -0.4 is 5.32 Å². The molecule has 9 nitrogen and oxygen atoms in total. The van der Waals surface area contributed by atoms with Crippen molar-refractivity contribution < 1.29 is 35.5 Å². The molecule has 2 aromatic rings. The van der Waals surface area contributed by atoms with E-state index in [-0.39, 0.29) is 28.3 Å². The Labute approximate surface area is 162 Å². The Hall–Kier alpha value is -2.57. The average Bonchev–Trinajstić information content (AvgIpc) is 2.59. The molecule has 0 aromatic heterocycles. The van der Waals surface area contributed by atoms with Gasteiger partial charge in [0.25, 0.3) is 20.2 Å². The van der Waals surface area contributed by atoms with Gasteiger partial charge in [0.2, 0.25) is 5.91 Å². The van der Waals surface area contributed by atoms with Crippen LogP contribution >= 0.6 is 0 Å². The smallest absolute Gasteiger partial charge is 0.295 e. The lowest BCUT2D eigenvalue weighted by Gasteiger charge is -2.09. The summed E-state index contributed by atoms with van der Waals surface area (Å²) in [5.74, 6) is -0.519. The molecule has 0 unspecified atom stereocenters. The lowest BCUT2D eigenvalue weighted by Crippen LogP contribution is -2.17. The third-order valence-corrected chi connectivity index (χ3v) is 5.33. The van der Waals surface area contributed by atoms with Gasteiger partial charge in [-0.3, -0.25) is 13.9 Å². The number of anilines is 1. The van der Waals surface area contributed by atoms with E-state index in [0.717, 1.165) is 6.07 Å². The van der Waals surface area contributed by atoms with E-state index in [1.54, 1.807) is 0 Å². The zero-order valence-corrected chi connectivity index (χ0v) is 16.2. The molecule has 2 rings (SSSR count). The number of rotatable bonds is 7. The fraction of sp³-hybridized carbons (Fsp3) is 0.118. The first-order chi connectivity index (χ1) is 13.0. The van der Waals surface area contributed by atoms with Gasteiger partial charge in [0.15, 0.2) is 0 Å². The van der Waals surface area contributed by atoms with Crippen LogP contribution in [-0.4, -0.2) is 45.6 Å². The highest BCUT2D eigenvalue weighted by molar-refractivity contribution is 7.86. The summed E-state index contributed by atoms with van der Waals surface area (Å²) in [7, 11) is -7.81. The topological polar surface area (TPSA) is 147 Å². The second-order valence-corrected chi connectivity index (χ2v) is 8.34. The van der Waals surface area contributed by atoms with Crippen LogP contribution in [0.4, 0.5) is 5.69 Å². The van der Waals surface area contributed by atoms with E-state index in [2.05, 4.69) is 10.1 Å². The van der Waals surface area contributed by atoms with Gasteiger partial charge in [-0.25, -0.2) is 0 Å². The molecule has 0 aliphatic heterocycles. The van der Waals surface area contributed by atoms with Gasteiger partial charge in [-0.2, -0.15) is 16.8 Å². The highest BCUT2D eigenvalue weighted by Gasteiger charge is 2.17. The maximum absolute atomic E-state index is 11.7. The summed E-state index contributed by atoms with van der Waals surface area (Å²) in [4.78, 5) is 10.7. The van der Waals surface area contributed by atoms with Gasteiger partial charge in [-0.05, 0) is 29.3 Å². The molecule has 1 amide bonds. The molecule has 0 atom stereocenters. The molecule has 150 valence electrons. The van der Waals surface area contributed by atoms with Crippen molar-refractivity contribution in [1.82, 2.24) is 0 Å². The standard InChI is InChI=1S/C17H17NO8S2/c1-26-11-17(19)18-14-9-8-13(16(10-14)28(23,24)25)7-6-12-4-2-3-5-15(12)27(20,21)22/h2-10H,11H2,1H3,(H,18,19)(H,20,21,22)(H,23,24,25). The number of benzene rings is 2. The fourth-order valence-electron chi connectivity index (χ4n) is 2.33. The van der Waals surface area contributed by atoms with Crippen molar-refractivity contribution in [2.75, 3.05) is 19.0 Å². The Bertz CT molecular complexity index is 1120. The van der Waals surface area contributed by atoms with E-state index in [1.165, 1.54) is 55.7 Å². The molecule has 0 fully saturated rings. The van der Waals surface area contributed by atoms with Crippen LogP contribution in [0, 0.1) is 0 Å². The van der Waals surface area contributed by atoms with Gasteiger partial charge in [0.1, 0.15) is 16.4 Å². The zero-order chi connectivity index (χ0) is 20.9. The number of ether oxygens (including phenoxy) is 1. The molecule has 28 heavy (non-hydrogen) atoms. The third-order valence-electron chi connectivity index (χ3n) is 3.49. The second kappa shape index (κ2) is 8.63. The summed E-state index contributed by atoms with van der Waals surface area (Å²) in [6.45, 7) is -0.241. The number of nitrogens with one attached hydrogen (secondary N) is 1. The minimum Gasteiger partial charge on any atom is -0.375 e. The molecular formula is C17H17NO8S2. The van der Waals surface area contributed by atoms with Crippen molar-refractivity contribution in [1.29, 1.82) is 0 Å². The van der Waals surface area contributed by atoms with Crippen LogP contribution in [-0.2, 0) is 29.8 Å². The normalized spacial score (nSPS) is 12.2. The molecule has 0 radical (unpaired) electrons. The van der Waals surface area contributed by atoms with Gasteiger partial charge < -0.3 is 10.1 Å². The molecule has 11 heteroatoms. The van der Waals surface area contributed by atoms with Crippen molar-refractivity contribution in [3.8, 4) is 0 Å². The maximum atomic E-state index is 11.7. The largest absolute Gasteiger partial charge is 0.375 e. The number of carbonyl (C=O) groups excluding carboxylic acids is 1. The fourth-order valence-corrected chi connectivity index (χ4v) is 3.73. The van der Waals surface area contributed by atoms with Crippen molar-refractivity contribution in [2.24, 2.45) is 0 Å². The van der Waals surface area contributed by atoms with Crippen LogP contribution in [0.3, 0.4) is 0 Å². The van der Waals surface area contributed by atoms with Gasteiger partial charge in [0, 0.05) is 12.8 Å². The van der Waals surface area contributed by atoms with E-state index in [1.807, 2.05) is 0 Å². The lowest BCUT2D eigenvalue weighted by atomic mass is 10.1. The monoisotopic (exact) mass is 427 g/mol. The molecule has 0 bridgehead atoms. The van der Waals surface area contributed by atoms with Crippen LogP contribution in [0.15, 0.2) is 52.3 Å². The van der Waals surface area contributed by atoms with E-state index < -0.39 is 31.0 Å². The van der Waals surface area contributed by atoms with Gasteiger partial charge in [-0.1, -0.05) is 36.4 Å². The summed E-state index contributed by atoms with van der Waals surface area (Å²) in [5.41, 5.74) is 0.270. The zero-order valence-electron chi connectivity index (χ0n) is 14.6. The summed E-state index contributed by atoms with van der Waals surface area (Å²) < 4.78 is 69.7. The average molecular weight is 427 g/mol.